The highest BCUT2D eigenvalue weighted by molar-refractivity contribution is 5.94. The summed E-state index contributed by atoms with van der Waals surface area (Å²) in [6.07, 6.45) is 1.97. The number of hydrogen-bond acceptors (Lipinski definition) is 7. The van der Waals surface area contributed by atoms with Gasteiger partial charge in [-0.1, -0.05) is 30.3 Å². The van der Waals surface area contributed by atoms with Gasteiger partial charge in [-0.05, 0) is 49.2 Å². The molecule has 0 bridgehead atoms. The van der Waals surface area contributed by atoms with E-state index in [2.05, 4.69) is 40.6 Å². The van der Waals surface area contributed by atoms with Gasteiger partial charge in [0.25, 0.3) is 5.91 Å². The van der Waals surface area contributed by atoms with Gasteiger partial charge < -0.3 is 23.8 Å². The minimum atomic E-state index is 0.0625. The summed E-state index contributed by atoms with van der Waals surface area (Å²) in [5, 5.41) is 0. The lowest BCUT2D eigenvalue weighted by atomic mass is 9.95. The van der Waals surface area contributed by atoms with Crippen molar-refractivity contribution < 1.29 is 23.7 Å². The Labute approximate surface area is 240 Å². The van der Waals surface area contributed by atoms with Crippen LogP contribution in [0.25, 0.3) is 0 Å². The average molecular weight is 554 g/mol. The second-order valence-electron chi connectivity index (χ2n) is 9.77. The van der Waals surface area contributed by atoms with Gasteiger partial charge in [0.2, 0.25) is 0 Å². The molecule has 3 rings (SSSR count). The van der Waals surface area contributed by atoms with Crippen molar-refractivity contribution in [3.05, 3.63) is 77.9 Å². The Kier molecular flexibility index (Phi) is 14.2. The number of carbonyl (C=O) groups is 1. The Morgan fingerprint density at radius 1 is 0.900 bits per heavy atom. The third kappa shape index (κ3) is 9.71. The highest BCUT2D eigenvalue weighted by atomic mass is 16.6. The molecule has 8 nitrogen and oxygen atoms in total. The van der Waals surface area contributed by atoms with Crippen LogP contribution in [0.4, 0.5) is 0 Å². The molecule has 0 unspecified atom stereocenters. The quantitative estimate of drug-likeness (QED) is 0.203. The summed E-state index contributed by atoms with van der Waals surface area (Å²) in [5.74, 6) is 0.895. The van der Waals surface area contributed by atoms with E-state index in [-0.39, 0.29) is 11.9 Å². The number of hydrogen-bond donors (Lipinski definition) is 0. The molecular weight excluding hydrogens is 506 g/mol. The standard InChI is InChI=1S/C32H47N3O5/c1-5-15-33-16-18-35(19-17-33)31(27-11-13-28(14-12-27)32(36)34(6-2)7-3)29-9-8-10-30(26-29)40-25-24-39-23-22-38-21-20-37-4/h5,8-14,26,31H,1,6-7,15-25H2,2-4H3/t31-/m1/s1. The molecule has 1 aliphatic rings. The summed E-state index contributed by atoms with van der Waals surface area (Å²) in [5.41, 5.74) is 3.07. The van der Waals surface area contributed by atoms with Crippen molar-refractivity contribution in [3.63, 3.8) is 0 Å². The molecule has 0 aromatic heterocycles. The molecule has 1 amide bonds. The Hall–Kier alpha value is -2.75. The number of benzene rings is 2. The van der Waals surface area contributed by atoms with E-state index in [0.717, 1.165) is 44.0 Å². The van der Waals surface area contributed by atoms with Gasteiger partial charge in [-0.25, -0.2) is 0 Å². The largest absolute Gasteiger partial charge is 0.491 e. The smallest absolute Gasteiger partial charge is 0.253 e. The van der Waals surface area contributed by atoms with Crippen LogP contribution in [0.5, 0.6) is 5.75 Å². The molecule has 2 aromatic carbocycles. The van der Waals surface area contributed by atoms with Crippen molar-refractivity contribution in [2.45, 2.75) is 19.9 Å². The van der Waals surface area contributed by atoms with Gasteiger partial charge in [0.15, 0.2) is 0 Å². The summed E-state index contributed by atoms with van der Waals surface area (Å²) in [4.78, 5) is 19.7. The topological polar surface area (TPSA) is 63.7 Å². The fourth-order valence-electron chi connectivity index (χ4n) is 4.96. The van der Waals surface area contributed by atoms with Crippen molar-refractivity contribution in [1.29, 1.82) is 0 Å². The van der Waals surface area contributed by atoms with Crippen LogP contribution in [0.2, 0.25) is 0 Å². The average Bonchev–Trinajstić information content (AvgIpc) is 2.99. The Morgan fingerprint density at radius 3 is 2.17 bits per heavy atom. The van der Waals surface area contributed by atoms with Gasteiger partial charge in [-0.15, -0.1) is 6.58 Å². The van der Waals surface area contributed by atoms with Crippen LogP contribution in [0.15, 0.2) is 61.2 Å². The normalized spacial score (nSPS) is 15.1. The first kappa shape index (κ1) is 31.8. The summed E-state index contributed by atoms with van der Waals surface area (Å²) in [6, 6.07) is 16.5. The van der Waals surface area contributed by atoms with Crippen LogP contribution in [-0.4, -0.2) is 113 Å². The monoisotopic (exact) mass is 553 g/mol. The van der Waals surface area contributed by atoms with Gasteiger partial charge in [0.1, 0.15) is 12.4 Å². The molecule has 1 atom stereocenters. The van der Waals surface area contributed by atoms with Crippen molar-refractivity contribution in [1.82, 2.24) is 14.7 Å². The summed E-state index contributed by atoms with van der Waals surface area (Å²) < 4.78 is 22.1. The molecule has 1 heterocycles. The highest BCUT2D eigenvalue weighted by Crippen LogP contribution is 2.32. The van der Waals surface area contributed by atoms with E-state index in [1.165, 1.54) is 11.1 Å². The maximum atomic E-state index is 12.9. The number of piperazine rings is 1. The Bertz CT molecular complexity index is 1000. The molecule has 1 aliphatic heterocycles. The first-order valence-electron chi connectivity index (χ1n) is 14.4. The van der Waals surface area contributed by atoms with E-state index in [0.29, 0.717) is 52.7 Å². The number of ether oxygens (including phenoxy) is 4. The molecule has 220 valence electrons. The van der Waals surface area contributed by atoms with Crippen LogP contribution < -0.4 is 4.74 Å². The van der Waals surface area contributed by atoms with Crippen molar-refractivity contribution >= 4 is 5.91 Å². The summed E-state index contributed by atoms with van der Waals surface area (Å²) in [6.45, 7) is 17.3. The predicted molar refractivity (Wildman–Crippen MR) is 159 cm³/mol. The van der Waals surface area contributed by atoms with Crippen LogP contribution >= 0.6 is 0 Å². The molecule has 1 saturated heterocycles. The lowest BCUT2D eigenvalue weighted by Gasteiger charge is -2.39. The number of nitrogens with zero attached hydrogens (tertiary/aromatic N) is 3. The lowest BCUT2D eigenvalue weighted by Crippen LogP contribution is -2.47. The number of carbonyl (C=O) groups excluding carboxylic acids is 1. The molecular formula is C32H47N3O5. The van der Waals surface area contributed by atoms with E-state index in [1.54, 1.807) is 7.11 Å². The fourth-order valence-corrected chi connectivity index (χ4v) is 4.96. The van der Waals surface area contributed by atoms with Gasteiger partial charge in [-0.3, -0.25) is 14.6 Å². The van der Waals surface area contributed by atoms with Gasteiger partial charge in [0.05, 0.1) is 39.1 Å². The van der Waals surface area contributed by atoms with Crippen molar-refractivity contribution in [2.24, 2.45) is 0 Å². The number of amides is 1. The zero-order chi connectivity index (χ0) is 28.6. The van der Waals surface area contributed by atoms with Crippen molar-refractivity contribution in [3.8, 4) is 5.75 Å². The highest BCUT2D eigenvalue weighted by Gasteiger charge is 2.27. The summed E-state index contributed by atoms with van der Waals surface area (Å²) >= 11 is 0. The molecule has 0 radical (unpaired) electrons. The van der Waals surface area contributed by atoms with E-state index in [9.17, 15) is 4.79 Å². The van der Waals surface area contributed by atoms with Crippen LogP contribution in [0, 0.1) is 0 Å². The minimum absolute atomic E-state index is 0.0625. The van der Waals surface area contributed by atoms with E-state index in [4.69, 9.17) is 18.9 Å². The van der Waals surface area contributed by atoms with E-state index >= 15 is 0 Å². The van der Waals surface area contributed by atoms with E-state index in [1.807, 2.05) is 49.1 Å². The number of methoxy groups -OCH3 is 1. The van der Waals surface area contributed by atoms with Gasteiger partial charge >= 0.3 is 0 Å². The lowest BCUT2D eigenvalue weighted by molar-refractivity contribution is 0.0179. The molecule has 0 aliphatic carbocycles. The maximum absolute atomic E-state index is 12.9. The van der Waals surface area contributed by atoms with Gasteiger partial charge in [-0.2, -0.15) is 0 Å². The minimum Gasteiger partial charge on any atom is -0.491 e. The molecule has 0 saturated carbocycles. The predicted octanol–water partition coefficient (Wildman–Crippen LogP) is 4.12. The zero-order valence-electron chi connectivity index (χ0n) is 24.6. The van der Waals surface area contributed by atoms with E-state index < -0.39 is 0 Å². The summed E-state index contributed by atoms with van der Waals surface area (Å²) in [7, 11) is 1.66. The first-order valence-corrected chi connectivity index (χ1v) is 14.4. The molecule has 0 N–H and O–H groups in total. The first-order chi connectivity index (χ1) is 19.6. The van der Waals surface area contributed by atoms with Crippen LogP contribution in [-0.2, 0) is 14.2 Å². The third-order valence-electron chi connectivity index (χ3n) is 7.16. The second-order valence-corrected chi connectivity index (χ2v) is 9.77. The molecule has 8 heteroatoms. The van der Waals surface area contributed by atoms with Crippen LogP contribution in [0.3, 0.4) is 0 Å². The second kappa shape index (κ2) is 17.8. The van der Waals surface area contributed by atoms with Crippen molar-refractivity contribution in [2.75, 3.05) is 92.6 Å². The zero-order valence-corrected chi connectivity index (χ0v) is 24.6. The molecule has 40 heavy (non-hydrogen) atoms. The Balaban J connectivity index is 1.69. The number of rotatable bonds is 18. The van der Waals surface area contributed by atoms with Gasteiger partial charge in [0, 0.05) is 58.5 Å². The Morgan fingerprint density at radius 2 is 1.55 bits per heavy atom. The SMILES string of the molecule is C=CCN1CCN([C@H](c2ccc(C(=O)N(CC)CC)cc2)c2cccc(OCCOCCOCCOC)c2)CC1. The third-order valence-corrected chi connectivity index (χ3v) is 7.16. The fraction of sp³-hybridized carbons (Fsp3) is 0.531. The molecule has 2 aromatic rings. The molecule has 1 fully saturated rings. The van der Waals surface area contributed by atoms with Crippen LogP contribution in [0.1, 0.15) is 41.4 Å². The molecule has 0 spiro atoms. The maximum Gasteiger partial charge on any atom is 0.253 e.